The van der Waals surface area contributed by atoms with Crippen LogP contribution in [-0.2, 0) is 10.3 Å². The molecule has 0 saturated heterocycles. The van der Waals surface area contributed by atoms with Gasteiger partial charge in [0, 0.05) is 24.0 Å². The fourth-order valence-electron chi connectivity index (χ4n) is 4.19. The van der Waals surface area contributed by atoms with E-state index in [1.807, 2.05) is 48.5 Å². The van der Waals surface area contributed by atoms with Crippen molar-refractivity contribution in [2.45, 2.75) is 50.7 Å². The lowest BCUT2D eigenvalue weighted by Gasteiger charge is -2.48. The SMILES string of the molecule is CC(C)(C)OC(=O)NC1(c2ccc(-c3ncc(N)cc3-c3ccccc3)cc2)CC(F)(F)C1. The quantitative estimate of drug-likeness (QED) is 0.499. The smallest absolute Gasteiger partial charge is 0.408 e. The number of aromatic nitrogens is 1. The topological polar surface area (TPSA) is 77.2 Å². The minimum Gasteiger partial charge on any atom is -0.444 e. The number of nitrogens with one attached hydrogen (secondary N) is 1. The van der Waals surface area contributed by atoms with Crippen LogP contribution in [0.25, 0.3) is 22.4 Å². The molecule has 0 aliphatic heterocycles. The number of alkyl halides is 2. The van der Waals surface area contributed by atoms with Crippen molar-refractivity contribution in [2.75, 3.05) is 5.73 Å². The Morgan fingerprint density at radius 2 is 1.67 bits per heavy atom. The lowest BCUT2D eigenvalue weighted by atomic mass is 9.69. The van der Waals surface area contributed by atoms with Crippen molar-refractivity contribution in [3.63, 3.8) is 0 Å². The van der Waals surface area contributed by atoms with Gasteiger partial charge >= 0.3 is 6.09 Å². The van der Waals surface area contributed by atoms with Crippen molar-refractivity contribution >= 4 is 11.8 Å². The Labute approximate surface area is 192 Å². The van der Waals surface area contributed by atoms with Gasteiger partial charge in [-0.2, -0.15) is 0 Å². The van der Waals surface area contributed by atoms with E-state index < -0.39 is 36.0 Å². The maximum absolute atomic E-state index is 13.9. The molecule has 1 heterocycles. The number of amides is 1. The number of pyridine rings is 1. The fraction of sp³-hybridized carbons (Fsp3) is 0.308. The van der Waals surface area contributed by atoms with Crippen LogP contribution in [0.3, 0.4) is 0 Å². The molecule has 0 spiro atoms. The van der Waals surface area contributed by atoms with Gasteiger partial charge in [0.1, 0.15) is 5.60 Å². The van der Waals surface area contributed by atoms with E-state index in [0.29, 0.717) is 11.3 Å². The zero-order chi connectivity index (χ0) is 23.9. The maximum atomic E-state index is 13.9. The third-order valence-electron chi connectivity index (χ3n) is 5.57. The number of hydrogen-bond acceptors (Lipinski definition) is 4. The number of carbonyl (C=O) groups excluding carboxylic acids is 1. The first-order valence-corrected chi connectivity index (χ1v) is 10.8. The summed E-state index contributed by atoms with van der Waals surface area (Å²) in [6, 6.07) is 18.8. The number of ether oxygens (including phenoxy) is 1. The van der Waals surface area contributed by atoms with Crippen LogP contribution in [0.4, 0.5) is 19.3 Å². The minimum atomic E-state index is -2.84. The van der Waals surface area contributed by atoms with Gasteiger partial charge < -0.3 is 15.8 Å². The summed E-state index contributed by atoms with van der Waals surface area (Å²) in [6.07, 6.45) is -0.0796. The van der Waals surface area contributed by atoms with Gasteiger partial charge in [-0.15, -0.1) is 0 Å². The highest BCUT2D eigenvalue weighted by molar-refractivity contribution is 5.82. The third kappa shape index (κ3) is 4.97. The highest BCUT2D eigenvalue weighted by atomic mass is 19.3. The molecule has 0 unspecified atom stereocenters. The monoisotopic (exact) mass is 451 g/mol. The van der Waals surface area contributed by atoms with Crippen LogP contribution in [0.15, 0.2) is 66.9 Å². The second-order valence-corrected chi connectivity index (χ2v) is 9.53. The Morgan fingerprint density at radius 1 is 1.03 bits per heavy atom. The number of alkyl carbamates (subject to hydrolysis) is 1. The van der Waals surface area contributed by atoms with Crippen LogP contribution in [0, 0.1) is 0 Å². The second kappa shape index (κ2) is 8.14. The second-order valence-electron chi connectivity index (χ2n) is 9.53. The van der Waals surface area contributed by atoms with Gasteiger partial charge in [-0.3, -0.25) is 4.98 Å². The number of nitrogens with two attached hydrogens (primary N) is 1. The first-order valence-electron chi connectivity index (χ1n) is 10.8. The van der Waals surface area contributed by atoms with Gasteiger partial charge in [-0.05, 0) is 38.0 Å². The molecule has 1 fully saturated rings. The van der Waals surface area contributed by atoms with Gasteiger partial charge in [0.15, 0.2) is 0 Å². The molecule has 0 bridgehead atoms. The van der Waals surface area contributed by atoms with E-state index in [9.17, 15) is 13.6 Å². The van der Waals surface area contributed by atoms with E-state index in [2.05, 4.69) is 10.3 Å². The van der Waals surface area contributed by atoms with Crippen molar-refractivity contribution in [1.82, 2.24) is 10.3 Å². The Balaban J connectivity index is 1.66. The molecule has 2 aromatic carbocycles. The molecule has 3 aromatic rings. The Hall–Kier alpha value is -3.48. The molecule has 1 amide bonds. The molecule has 33 heavy (non-hydrogen) atoms. The zero-order valence-electron chi connectivity index (χ0n) is 18.9. The predicted molar refractivity (Wildman–Crippen MR) is 125 cm³/mol. The molecule has 4 rings (SSSR count). The maximum Gasteiger partial charge on any atom is 0.408 e. The Morgan fingerprint density at radius 3 is 2.24 bits per heavy atom. The number of hydrogen-bond donors (Lipinski definition) is 2. The van der Waals surface area contributed by atoms with Crippen molar-refractivity contribution < 1.29 is 18.3 Å². The van der Waals surface area contributed by atoms with E-state index in [1.165, 1.54) is 0 Å². The van der Waals surface area contributed by atoms with E-state index >= 15 is 0 Å². The van der Waals surface area contributed by atoms with Crippen LogP contribution in [0.5, 0.6) is 0 Å². The van der Waals surface area contributed by atoms with Gasteiger partial charge in [0.05, 0.1) is 23.1 Å². The average molecular weight is 452 g/mol. The third-order valence-corrected chi connectivity index (χ3v) is 5.57. The first kappa shape index (κ1) is 22.7. The number of halogens is 2. The van der Waals surface area contributed by atoms with Crippen molar-refractivity contribution in [1.29, 1.82) is 0 Å². The summed E-state index contributed by atoms with van der Waals surface area (Å²) in [4.78, 5) is 16.9. The minimum absolute atomic E-state index is 0.478. The lowest BCUT2D eigenvalue weighted by Crippen LogP contribution is -2.60. The number of rotatable bonds is 4. The Kier molecular flexibility index (Phi) is 5.60. The summed E-state index contributed by atoms with van der Waals surface area (Å²) in [5, 5.41) is 2.69. The summed E-state index contributed by atoms with van der Waals surface area (Å²) in [6.45, 7) is 5.19. The van der Waals surface area contributed by atoms with Gasteiger partial charge in [0.25, 0.3) is 5.92 Å². The molecule has 1 aromatic heterocycles. The standard InChI is InChI=1S/C26H27F2N3O2/c1-24(2,3)33-23(32)31-25(15-26(27,28)16-25)19-11-9-18(10-12-19)22-21(13-20(29)14-30-22)17-7-5-4-6-8-17/h4-14H,15-16,29H2,1-3H3,(H,31,32). The highest BCUT2D eigenvalue weighted by Gasteiger charge is 2.58. The zero-order valence-corrected chi connectivity index (χ0v) is 18.9. The molecule has 0 radical (unpaired) electrons. The Bertz CT molecular complexity index is 1150. The highest BCUT2D eigenvalue weighted by Crippen LogP contribution is 2.52. The molecule has 7 heteroatoms. The van der Waals surface area contributed by atoms with Crippen molar-refractivity contribution in [3.05, 3.63) is 72.4 Å². The van der Waals surface area contributed by atoms with Crippen LogP contribution in [-0.4, -0.2) is 22.6 Å². The summed E-state index contributed by atoms with van der Waals surface area (Å²) >= 11 is 0. The van der Waals surface area contributed by atoms with Crippen molar-refractivity contribution in [3.8, 4) is 22.4 Å². The molecule has 172 valence electrons. The van der Waals surface area contributed by atoms with E-state index in [0.717, 1.165) is 22.4 Å². The molecule has 3 N–H and O–H groups in total. The lowest BCUT2D eigenvalue weighted by molar-refractivity contribution is -0.136. The number of benzene rings is 2. The molecule has 1 saturated carbocycles. The first-order chi connectivity index (χ1) is 15.5. The largest absolute Gasteiger partial charge is 0.444 e. The summed E-state index contributed by atoms with van der Waals surface area (Å²) in [5.74, 6) is -2.84. The van der Waals surface area contributed by atoms with Gasteiger partial charge in [0.2, 0.25) is 0 Å². The summed E-state index contributed by atoms with van der Waals surface area (Å²) in [5.41, 5.74) is 8.61. The molecule has 0 atom stereocenters. The predicted octanol–water partition coefficient (Wildman–Crippen LogP) is 6.15. The summed E-state index contributed by atoms with van der Waals surface area (Å²) in [7, 11) is 0. The molecular weight excluding hydrogens is 424 g/mol. The average Bonchev–Trinajstić information content (AvgIpc) is 2.71. The molecule has 5 nitrogen and oxygen atoms in total. The number of nitrogen functional groups attached to an aromatic ring is 1. The molecular formula is C26H27F2N3O2. The van der Waals surface area contributed by atoms with Crippen LogP contribution >= 0.6 is 0 Å². The number of nitrogens with zero attached hydrogens (tertiary/aromatic N) is 1. The van der Waals surface area contributed by atoms with E-state index in [4.69, 9.17) is 10.5 Å². The molecule has 1 aliphatic rings. The van der Waals surface area contributed by atoms with E-state index in [-0.39, 0.29) is 0 Å². The normalized spacial score (nSPS) is 16.5. The fourth-order valence-corrected chi connectivity index (χ4v) is 4.19. The number of carbonyl (C=O) groups is 1. The summed E-state index contributed by atoms with van der Waals surface area (Å²) < 4.78 is 33.1. The van der Waals surface area contributed by atoms with Crippen molar-refractivity contribution in [2.24, 2.45) is 0 Å². The van der Waals surface area contributed by atoms with Crippen LogP contribution in [0.1, 0.15) is 39.2 Å². The van der Waals surface area contributed by atoms with Gasteiger partial charge in [-0.1, -0.05) is 54.6 Å². The molecule has 1 aliphatic carbocycles. The van der Waals surface area contributed by atoms with Gasteiger partial charge in [-0.25, -0.2) is 13.6 Å². The van der Waals surface area contributed by atoms with Crippen LogP contribution in [0.2, 0.25) is 0 Å². The van der Waals surface area contributed by atoms with Crippen LogP contribution < -0.4 is 11.1 Å². The van der Waals surface area contributed by atoms with E-state index in [1.54, 1.807) is 39.1 Å². The number of anilines is 1.